The Labute approximate surface area is 239 Å². The van der Waals surface area contributed by atoms with E-state index in [9.17, 15) is 23.9 Å². The summed E-state index contributed by atoms with van der Waals surface area (Å²) in [6.45, 7) is 8.95. The highest BCUT2D eigenvalue weighted by molar-refractivity contribution is 6.26. The van der Waals surface area contributed by atoms with Gasteiger partial charge in [-0.15, -0.1) is 11.6 Å². The van der Waals surface area contributed by atoms with E-state index in [1.165, 1.54) is 30.4 Å². The van der Waals surface area contributed by atoms with Crippen LogP contribution in [0, 0.1) is 11.2 Å². The zero-order valence-electron chi connectivity index (χ0n) is 23.2. The lowest BCUT2D eigenvalue weighted by Crippen LogP contribution is -2.63. The topological polar surface area (TPSA) is 123 Å². The Morgan fingerprint density at radius 3 is 2.52 bits per heavy atom. The van der Waals surface area contributed by atoms with Crippen molar-refractivity contribution in [2.75, 3.05) is 32.7 Å². The Balaban J connectivity index is 1.46. The van der Waals surface area contributed by atoms with E-state index in [0.29, 0.717) is 13.1 Å². The van der Waals surface area contributed by atoms with E-state index in [0.717, 1.165) is 25.9 Å². The van der Waals surface area contributed by atoms with Gasteiger partial charge >= 0.3 is 5.97 Å². The van der Waals surface area contributed by atoms with E-state index in [1.807, 2.05) is 20.8 Å². The van der Waals surface area contributed by atoms with Crippen molar-refractivity contribution < 1.29 is 23.9 Å². The number of aliphatic carboxylic acids is 1. The van der Waals surface area contributed by atoms with Gasteiger partial charge in [-0.25, -0.2) is 9.18 Å². The molecule has 1 unspecified atom stereocenters. The molecule has 2 saturated heterocycles. The van der Waals surface area contributed by atoms with E-state index in [1.54, 1.807) is 11.0 Å². The lowest BCUT2D eigenvalue weighted by Gasteiger charge is -2.41. The molecule has 0 saturated carbocycles. The fraction of sp³-hybridized carbons (Fsp3) is 0.552. The van der Waals surface area contributed by atoms with Gasteiger partial charge in [-0.05, 0) is 43.5 Å². The molecule has 1 aromatic rings. The molecule has 2 fully saturated rings. The summed E-state index contributed by atoms with van der Waals surface area (Å²) >= 11 is 6.68. The molecular weight excluding hydrogens is 537 g/mol. The summed E-state index contributed by atoms with van der Waals surface area (Å²) < 4.78 is 14.5. The third-order valence-electron chi connectivity index (χ3n) is 7.77. The van der Waals surface area contributed by atoms with E-state index in [-0.39, 0.29) is 47.2 Å². The zero-order valence-corrected chi connectivity index (χ0v) is 24.0. The Hall–Kier alpha value is -2.79. The highest BCUT2D eigenvalue weighted by Gasteiger charge is 2.40. The number of piperazine rings is 1. The second-order valence-corrected chi connectivity index (χ2v) is 12.5. The summed E-state index contributed by atoms with van der Waals surface area (Å²) in [5, 5.41) is 22.7. The van der Waals surface area contributed by atoms with E-state index in [4.69, 9.17) is 11.6 Å². The summed E-state index contributed by atoms with van der Waals surface area (Å²) in [5.41, 5.74) is -0.204. The molecule has 0 aromatic heterocycles. The van der Waals surface area contributed by atoms with Crippen molar-refractivity contribution in [2.45, 2.75) is 63.0 Å². The minimum Gasteiger partial charge on any atom is -0.478 e. The maximum Gasteiger partial charge on any atom is 0.333 e. The van der Waals surface area contributed by atoms with Crippen LogP contribution in [0.1, 0.15) is 45.6 Å². The lowest BCUT2D eigenvalue weighted by molar-refractivity contribution is -0.139. The lowest BCUT2D eigenvalue weighted by atomic mass is 9.84. The molecular formula is C29H39ClFN5O4. The number of carbonyl (C=O) groups excluding carboxylic acids is 2. The van der Waals surface area contributed by atoms with Crippen LogP contribution in [0.2, 0.25) is 0 Å². The second-order valence-electron chi connectivity index (χ2n) is 11.8. The minimum atomic E-state index is -1.40. The number of hydrogen-bond acceptors (Lipinski definition) is 6. The van der Waals surface area contributed by atoms with Gasteiger partial charge in [0.25, 0.3) is 0 Å². The predicted molar refractivity (Wildman–Crippen MR) is 151 cm³/mol. The highest BCUT2D eigenvalue weighted by atomic mass is 35.5. The van der Waals surface area contributed by atoms with Gasteiger partial charge < -0.3 is 31.3 Å². The minimum absolute atomic E-state index is 0.0508. The van der Waals surface area contributed by atoms with Gasteiger partial charge in [-0.1, -0.05) is 45.0 Å². The van der Waals surface area contributed by atoms with E-state index < -0.39 is 34.7 Å². The van der Waals surface area contributed by atoms with Crippen LogP contribution in [0.4, 0.5) is 4.39 Å². The number of benzene rings is 1. The third-order valence-corrected chi connectivity index (χ3v) is 8.23. The average molecular weight is 576 g/mol. The van der Waals surface area contributed by atoms with Crippen LogP contribution in [0.15, 0.2) is 47.7 Å². The molecule has 2 aliphatic heterocycles. The third kappa shape index (κ3) is 6.91. The number of amides is 2. The van der Waals surface area contributed by atoms with Crippen LogP contribution in [-0.2, 0) is 19.3 Å². The first-order chi connectivity index (χ1) is 18.9. The highest BCUT2D eigenvalue weighted by Crippen LogP contribution is 2.42. The van der Waals surface area contributed by atoms with Crippen molar-refractivity contribution >= 4 is 29.4 Å². The van der Waals surface area contributed by atoms with Crippen molar-refractivity contribution in [1.29, 1.82) is 0 Å². The number of halogens is 2. The Kier molecular flexibility index (Phi) is 9.34. The number of piperidine rings is 1. The van der Waals surface area contributed by atoms with Crippen LogP contribution >= 0.6 is 11.6 Å². The van der Waals surface area contributed by atoms with Crippen molar-refractivity contribution in [1.82, 2.24) is 26.2 Å². The zero-order chi connectivity index (χ0) is 29.1. The molecule has 0 spiro atoms. The number of alkyl halides is 1. The van der Waals surface area contributed by atoms with Crippen LogP contribution in [0.3, 0.4) is 0 Å². The Morgan fingerprint density at radius 2 is 1.88 bits per heavy atom. The quantitative estimate of drug-likeness (QED) is 0.316. The standard InChI is InChI=1S/C29H39ClFN5O4/c1-28(2,3)24(34-18-9-12-32-13-10-18)26(38)36-15-14-33-23(17-36)25(37)35-22-8-11-29(30,16-19(22)27(39)40)20-6-4-5-7-21(20)31/h4-8,11,18,23-24,32-34H,9-10,12-17H2,1-3H3,(H,35,37)(H,39,40)/t23-,24-,29?/m1/s1. The number of nitrogens with zero attached hydrogens (tertiary/aromatic N) is 1. The van der Waals surface area contributed by atoms with Gasteiger partial charge in [0.2, 0.25) is 11.8 Å². The molecule has 40 heavy (non-hydrogen) atoms. The number of carboxylic acid groups (broad SMARTS) is 1. The first kappa shape index (κ1) is 30.2. The Bertz CT molecular complexity index is 1190. The van der Waals surface area contributed by atoms with Crippen LogP contribution in [0.25, 0.3) is 0 Å². The van der Waals surface area contributed by atoms with Crippen molar-refractivity contribution in [2.24, 2.45) is 5.41 Å². The molecule has 0 bridgehead atoms. The number of allylic oxidation sites excluding steroid dienone is 2. The monoisotopic (exact) mass is 575 g/mol. The van der Waals surface area contributed by atoms with Gasteiger partial charge in [0.15, 0.2) is 0 Å². The van der Waals surface area contributed by atoms with Gasteiger partial charge in [0.1, 0.15) is 11.9 Å². The number of hydrogen-bond donors (Lipinski definition) is 5. The van der Waals surface area contributed by atoms with Gasteiger partial charge in [-0.2, -0.15) is 0 Å². The van der Waals surface area contributed by atoms with Crippen LogP contribution in [-0.4, -0.2) is 78.6 Å². The molecule has 0 radical (unpaired) electrons. The largest absolute Gasteiger partial charge is 0.478 e. The van der Waals surface area contributed by atoms with Crippen LogP contribution < -0.4 is 21.3 Å². The Morgan fingerprint density at radius 1 is 1.18 bits per heavy atom. The molecule has 9 nitrogen and oxygen atoms in total. The molecule has 5 N–H and O–H groups in total. The summed E-state index contributed by atoms with van der Waals surface area (Å²) in [7, 11) is 0. The molecule has 3 aliphatic rings. The average Bonchev–Trinajstić information content (AvgIpc) is 2.92. The van der Waals surface area contributed by atoms with Crippen LogP contribution in [0.5, 0.6) is 0 Å². The molecule has 11 heteroatoms. The van der Waals surface area contributed by atoms with Gasteiger partial charge in [0, 0.05) is 37.7 Å². The van der Waals surface area contributed by atoms with Gasteiger partial charge in [0.05, 0.1) is 22.2 Å². The molecule has 1 aliphatic carbocycles. The number of carbonyl (C=O) groups is 3. The first-order valence-corrected chi connectivity index (χ1v) is 14.2. The summed E-state index contributed by atoms with van der Waals surface area (Å²) in [6.07, 6.45) is 4.59. The van der Waals surface area contributed by atoms with E-state index >= 15 is 0 Å². The fourth-order valence-electron chi connectivity index (χ4n) is 5.46. The normalized spacial score (nSPS) is 25.0. The van der Waals surface area contributed by atoms with Crippen molar-refractivity contribution in [3.05, 3.63) is 59.1 Å². The maximum atomic E-state index is 14.5. The molecule has 3 atom stereocenters. The maximum absolute atomic E-state index is 14.5. The summed E-state index contributed by atoms with van der Waals surface area (Å²) in [6, 6.07) is 5.04. The SMILES string of the molecule is CC(C)(C)[C@H](NC1CCNCC1)C(=O)N1CCN[C@@H](C(=O)NC2=C(C(=O)O)CC(Cl)(c3ccccc3F)C=C2)C1. The number of rotatable bonds is 7. The molecule has 2 heterocycles. The number of carboxylic acids is 1. The fourth-order valence-corrected chi connectivity index (χ4v) is 5.81. The second kappa shape index (κ2) is 12.4. The molecule has 1 aromatic carbocycles. The molecule has 2 amide bonds. The summed E-state index contributed by atoms with van der Waals surface area (Å²) in [5.74, 6) is -2.31. The summed E-state index contributed by atoms with van der Waals surface area (Å²) in [4.78, 5) is 39.4. The van der Waals surface area contributed by atoms with Crippen molar-refractivity contribution in [3.63, 3.8) is 0 Å². The van der Waals surface area contributed by atoms with Crippen molar-refractivity contribution in [3.8, 4) is 0 Å². The number of nitrogens with one attached hydrogen (secondary N) is 4. The van der Waals surface area contributed by atoms with Gasteiger partial charge in [-0.3, -0.25) is 9.59 Å². The predicted octanol–water partition coefficient (Wildman–Crippen LogP) is 2.23. The molecule has 218 valence electrons. The molecule has 4 rings (SSSR count). The first-order valence-electron chi connectivity index (χ1n) is 13.8. The van der Waals surface area contributed by atoms with E-state index in [2.05, 4.69) is 21.3 Å². The smallest absolute Gasteiger partial charge is 0.333 e.